The van der Waals surface area contributed by atoms with Gasteiger partial charge in [-0.05, 0) is 13.1 Å². The topological polar surface area (TPSA) is 93.4 Å². The lowest BCUT2D eigenvalue weighted by molar-refractivity contribution is -0.271. The Labute approximate surface area is 95.1 Å². The molecule has 6 heteroatoms. The number of nitrogens with zero attached hydrogens (tertiary/aromatic N) is 1. The first-order valence-corrected chi connectivity index (χ1v) is 5.61. The van der Waals surface area contributed by atoms with Crippen molar-refractivity contribution in [1.29, 1.82) is 0 Å². The highest BCUT2D eigenvalue weighted by atomic mass is 16.6. The lowest BCUT2D eigenvalue weighted by Gasteiger charge is -2.44. The summed E-state index contributed by atoms with van der Waals surface area (Å²) in [5.74, 6) is 0. The van der Waals surface area contributed by atoms with Crippen molar-refractivity contribution in [3.8, 4) is 0 Å². The molecule has 0 radical (unpaired) electrons. The Bertz CT molecular complexity index is 211. The molecular formula is C10H21NO5. The van der Waals surface area contributed by atoms with E-state index in [1.807, 2.05) is 18.7 Å². The Morgan fingerprint density at radius 3 is 2.06 bits per heavy atom. The molecule has 0 amide bonds. The minimum atomic E-state index is -1.20. The van der Waals surface area contributed by atoms with Crippen LogP contribution in [0.25, 0.3) is 0 Å². The Hall–Kier alpha value is -0.240. The quantitative estimate of drug-likeness (QED) is 0.456. The maximum atomic E-state index is 9.90. The summed E-state index contributed by atoms with van der Waals surface area (Å²) in [6, 6.07) is -0.659. The summed E-state index contributed by atoms with van der Waals surface area (Å²) in [4.78, 5) is 1.81. The van der Waals surface area contributed by atoms with E-state index in [4.69, 9.17) is 9.84 Å². The predicted molar refractivity (Wildman–Crippen MR) is 56.7 cm³/mol. The molecule has 0 aromatic carbocycles. The molecule has 0 aliphatic carbocycles. The van der Waals surface area contributed by atoms with Crippen molar-refractivity contribution in [2.24, 2.45) is 0 Å². The average Bonchev–Trinajstić information content (AvgIpc) is 2.29. The van der Waals surface area contributed by atoms with Crippen molar-refractivity contribution >= 4 is 0 Å². The molecule has 1 saturated heterocycles. The number of hydrogen-bond acceptors (Lipinski definition) is 6. The van der Waals surface area contributed by atoms with Crippen molar-refractivity contribution in [3.63, 3.8) is 0 Å². The zero-order valence-corrected chi connectivity index (χ0v) is 9.65. The second-order valence-corrected chi connectivity index (χ2v) is 3.94. The van der Waals surface area contributed by atoms with E-state index in [1.165, 1.54) is 0 Å². The van der Waals surface area contributed by atoms with Gasteiger partial charge in [-0.25, -0.2) is 0 Å². The molecular weight excluding hydrogens is 214 g/mol. The first kappa shape index (κ1) is 13.8. The average molecular weight is 235 g/mol. The minimum absolute atomic E-state index is 0.430. The molecule has 4 N–H and O–H groups in total. The van der Waals surface area contributed by atoms with Crippen LogP contribution in [0.1, 0.15) is 13.8 Å². The van der Waals surface area contributed by atoms with Crippen molar-refractivity contribution in [2.75, 3.05) is 19.7 Å². The third-order valence-electron chi connectivity index (χ3n) is 3.10. The van der Waals surface area contributed by atoms with Crippen LogP contribution in [-0.4, -0.2) is 75.7 Å². The van der Waals surface area contributed by atoms with Gasteiger partial charge in [0.15, 0.2) is 6.29 Å². The monoisotopic (exact) mass is 235 g/mol. The molecule has 0 saturated carbocycles. The first-order valence-electron chi connectivity index (χ1n) is 5.61. The molecule has 6 nitrogen and oxygen atoms in total. The number of ether oxygens (including phenoxy) is 1. The number of rotatable bonds is 4. The second kappa shape index (κ2) is 5.90. The summed E-state index contributed by atoms with van der Waals surface area (Å²) >= 11 is 0. The molecule has 0 aromatic rings. The Balaban J connectivity index is 2.78. The largest absolute Gasteiger partial charge is 0.394 e. The van der Waals surface area contributed by atoms with Crippen LogP contribution in [0, 0.1) is 0 Å². The number of aliphatic hydroxyl groups excluding tert-OH is 4. The maximum absolute atomic E-state index is 9.90. The van der Waals surface area contributed by atoms with E-state index >= 15 is 0 Å². The zero-order valence-electron chi connectivity index (χ0n) is 9.65. The highest BCUT2D eigenvalue weighted by Crippen LogP contribution is 2.23. The molecule has 1 aliphatic heterocycles. The summed E-state index contributed by atoms with van der Waals surface area (Å²) in [7, 11) is 0. The van der Waals surface area contributed by atoms with Gasteiger partial charge in [-0.1, -0.05) is 13.8 Å². The fourth-order valence-electron chi connectivity index (χ4n) is 2.12. The van der Waals surface area contributed by atoms with Gasteiger partial charge in [0, 0.05) is 0 Å². The maximum Gasteiger partial charge on any atom is 0.173 e. The third-order valence-corrected chi connectivity index (χ3v) is 3.10. The van der Waals surface area contributed by atoms with E-state index in [-0.39, 0.29) is 0 Å². The summed E-state index contributed by atoms with van der Waals surface area (Å²) in [5.41, 5.74) is 0. The Morgan fingerprint density at radius 2 is 1.62 bits per heavy atom. The lowest BCUT2D eigenvalue weighted by atomic mass is 9.96. The lowest BCUT2D eigenvalue weighted by Crippen LogP contribution is -2.64. The molecule has 1 fully saturated rings. The number of likely N-dealkylation sites (N-methyl/N-ethyl adjacent to an activating group) is 1. The normalized spacial score (nSPS) is 40.3. The summed E-state index contributed by atoms with van der Waals surface area (Å²) in [5, 5.41) is 38.3. The predicted octanol–water partition coefficient (Wildman–Crippen LogP) is -1.87. The highest BCUT2D eigenvalue weighted by molar-refractivity contribution is 4.93. The van der Waals surface area contributed by atoms with Gasteiger partial charge in [-0.15, -0.1) is 0 Å². The van der Waals surface area contributed by atoms with Crippen LogP contribution in [0.2, 0.25) is 0 Å². The molecule has 16 heavy (non-hydrogen) atoms. The third kappa shape index (κ3) is 2.53. The first-order chi connectivity index (χ1) is 7.56. The smallest absolute Gasteiger partial charge is 0.173 e. The summed E-state index contributed by atoms with van der Waals surface area (Å²) < 4.78 is 5.07. The molecule has 0 bridgehead atoms. The SMILES string of the molecule is CCN(CC)[C@@H]1[C@H](O)[C@H](O)[C@H](CO)O[C@@H]1O. The number of hydrogen-bond donors (Lipinski definition) is 4. The van der Waals surface area contributed by atoms with Crippen molar-refractivity contribution < 1.29 is 25.2 Å². The van der Waals surface area contributed by atoms with Crippen molar-refractivity contribution in [1.82, 2.24) is 4.90 Å². The van der Waals surface area contributed by atoms with Crippen LogP contribution < -0.4 is 0 Å². The van der Waals surface area contributed by atoms with Gasteiger partial charge in [0.25, 0.3) is 0 Å². The Kier molecular flexibility index (Phi) is 5.10. The van der Waals surface area contributed by atoms with Crippen molar-refractivity contribution in [2.45, 2.75) is 44.5 Å². The fourth-order valence-corrected chi connectivity index (χ4v) is 2.12. The fraction of sp³-hybridized carbons (Fsp3) is 1.00. The van der Waals surface area contributed by atoms with E-state index in [0.717, 1.165) is 0 Å². The van der Waals surface area contributed by atoms with Gasteiger partial charge in [0.2, 0.25) is 0 Å². The summed E-state index contributed by atoms with van der Waals surface area (Å²) in [6.45, 7) is 4.63. The van der Waals surface area contributed by atoms with E-state index < -0.39 is 37.3 Å². The van der Waals surface area contributed by atoms with Gasteiger partial charge in [0.1, 0.15) is 18.3 Å². The number of aliphatic hydroxyl groups is 4. The second-order valence-electron chi connectivity index (χ2n) is 3.94. The molecule has 0 unspecified atom stereocenters. The van der Waals surface area contributed by atoms with E-state index in [9.17, 15) is 15.3 Å². The zero-order chi connectivity index (χ0) is 12.3. The van der Waals surface area contributed by atoms with Gasteiger partial charge in [-0.3, -0.25) is 4.90 Å². The van der Waals surface area contributed by atoms with Crippen LogP contribution in [0.4, 0.5) is 0 Å². The highest BCUT2D eigenvalue weighted by Gasteiger charge is 2.45. The van der Waals surface area contributed by atoms with Crippen LogP contribution in [0.5, 0.6) is 0 Å². The Morgan fingerprint density at radius 1 is 1.06 bits per heavy atom. The van der Waals surface area contributed by atoms with Crippen LogP contribution in [0.15, 0.2) is 0 Å². The van der Waals surface area contributed by atoms with E-state index in [1.54, 1.807) is 0 Å². The van der Waals surface area contributed by atoms with Gasteiger partial charge < -0.3 is 25.2 Å². The summed E-state index contributed by atoms with van der Waals surface area (Å²) in [6.07, 6.45) is -4.44. The molecule has 96 valence electrons. The van der Waals surface area contributed by atoms with Crippen LogP contribution in [0.3, 0.4) is 0 Å². The van der Waals surface area contributed by atoms with Gasteiger partial charge in [-0.2, -0.15) is 0 Å². The molecule has 5 atom stereocenters. The van der Waals surface area contributed by atoms with Gasteiger partial charge >= 0.3 is 0 Å². The molecule has 0 spiro atoms. The van der Waals surface area contributed by atoms with Crippen molar-refractivity contribution in [3.05, 3.63) is 0 Å². The van der Waals surface area contributed by atoms with Gasteiger partial charge in [0.05, 0.1) is 12.6 Å². The minimum Gasteiger partial charge on any atom is -0.394 e. The van der Waals surface area contributed by atoms with E-state index in [0.29, 0.717) is 13.1 Å². The molecule has 1 rings (SSSR count). The van der Waals surface area contributed by atoms with Crippen LogP contribution >= 0.6 is 0 Å². The standard InChI is InChI=1S/C10H21NO5/c1-3-11(4-2)7-9(14)8(13)6(5-12)16-10(7)15/h6-10,12-15H,3-5H2,1-2H3/t6-,7+,8+,9-,10-/m0/s1. The van der Waals surface area contributed by atoms with E-state index in [2.05, 4.69) is 0 Å². The molecule has 1 aliphatic rings. The molecule has 1 heterocycles. The molecule has 0 aromatic heterocycles. The van der Waals surface area contributed by atoms with Crippen LogP contribution in [-0.2, 0) is 4.74 Å².